The first-order chi connectivity index (χ1) is 8.26. The van der Waals surface area contributed by atoms with E-state index in [4.69, 9.17) is 0 Å². The zero-order valence-corrected chi connectivity index (χ0v) is 10.5. The van der Waals surface area contributed by atoms with Gasteiger partial charge in [0.1, 0.15) is 0 Å². The van der Waals surface area contributed by atoms with Gasteiger partial charge >= 0.3 is 0 Å². The summed E-state index contributed by atoms with van der Waals surface area (Å²) in [7, 11) is 0. The van der Waals surface area contributed by atoms with Crippen LogP contribution < -0.4 is 5.32 Å². The first-order valence-electron chi connectivity index (χ1n) is 6.51. The standard InChI is InChI=1S/C14H22N2O/c1-12(13-6-2-5-9-15-13)16-10-14(11-17)7-3-4-8-14/h2,5-6,9,12,16-17H,3-4,7-8,10-11H2,1H3. The molecule has 0 radical (unpaired) electrons. The van der Waals surface area contributed by atoms with Crippen molar-refractivity contribution in [1.29, 1.82) is 0 Å². The molecule has 17 heavy (non-hydrogen) atoms. The third kappa shape index (κ3) is 3.05. The third-order valence-corrected chi connectivity index (χ3v) is 3.91. The number of nitrogens with zero attached hydrogens (tertiary/aromatic N) is 1. The van der Waals surface area contributed by atoms with E-state index >= 15 is 0 Å². The van der Waals surface area contributed by atoms with Crippen molar-refractivity contribution < 1.29 is 5.11 Å². The second-order valence-electron chi connectivity index (χ2n) is 5.22. The molecule has 3 nitrogen and oxygen atoms in total. The maximum atomic E-state index is 9.54. The summed E-state index contributed by atoms with van der Waals surface area (Å²) in [5.74, 6) is 0. The summed E-state index contributed by atoms with van der Waals surface area (Å²) in [6, 6.07) is 6.23. The molecule has 2 rings (SSSR count). The van der Waals surface area contributed by atoms with Gasteiger partial charge in [-0.25, -0.2) is 0 Å². The minimum Gasteiger partial charge on any atom is -0.396 e. The van der Waals surface area contributed by atoms with Gasteiger partial charge in [-0.2, -0.15) is 0 Å². The lowest BCUT2D eigenvalue weighted by molar-refractivity contribution is 0.125. The number of hydrogen-bond donors (Lipinski definition) is 2. The van der Waals surface area contributed by atoms with Gasteiger partial charge in [-0.15, -0.1) is 0 Å². The van der Waals surface area contributed by atoms with E-state index in [1.54, 1.807) is 0 Å². The van der Waals surface area contributed by atoms with Crippen LogP contribution in [-0.2, 0) is 0 Å². The lowest BCUT2D eigenvalue weighted by Gasteiger charge is -2.28. The van der Waals surface area contributed by atoms with Gasteiger partial charge in [0.25, 0.3) is 0 Å². The van der Waals surface area contributed by atoms with Crippen LogP contribution in [0.25, 0.3) is 0 Å². The van der Waals surface area contributed by atoms with Crippen molar-refractivity contribution >= 4 is 0 Å². The second kappa shape index (κ2) is 5.61. The van der Waals surface area contributed by atoms with E-state index in [9.17, 15) is 5.11 Å². The third-order valence-electron chi connectivity index (χ3n) is 3.91. The van der Waals surface area contributed by atoms with Crippen LogP contribution in [0.1, 0.15) is 44.3 Å². The Morgan fingerprint density at radius 1 is 1.41 bits per heavy atom. The van der Waals surface area contributed by atoms with E-state index in [0.29, 0.717) is 6.61 Å². The van der Waals surface area contributed by atoms with E-state index in [2.05, 4.69) is 17.2 Å². The van der Waals surface area contributed by atoms with Gasteiger partial charge in [0.15, 0.2) is 0 Å². The Morgan fingerprint density at radius 3 is 2.76 bits per heavy atom. The van der Waals surface area contributed by atoms with Gasteiger partial charge in [0.05, 0.1) is 5.69 Å². The first-order valence-corrected chi connectivity index (χ1v) is 6.51. The Kier molecular flexibility index (Phi) is 4.13. The van der Waals surface area contributed by atoms with Crippen molar-refractivity contribution in [2.75, 3.05) is 13.2 Å². The molecule has 1 aromatic heterocycles. The number of nitrogens with one attached hydrogen (secondary N) is 1. The summed E-state index contributed by atoms with van der Waals surface area (Å²) in [4.78, 5) is 4.35. The average Bonchev–Trinajstić information content (AvgIpc) is 2.86. The van der Waals surface area contributed by atoms with E-state index in [1.165, 1.54) is 12.8 Å². The van der Waals surface area contributed by atoms with Crippen LogP contribution in [0.15, 0.2) is 24.4 Å². The quantitative estimate of drug-likeness (QED) is 0.821. The Hall–Kier alpha value is -0.930. The van der Waals surface area contributed by atoms with Crippen molar-refractivity contribution in [1.82, 2.24) is 10.3 Å². The highest BCUT2D eigenvalue weighted by atomic mass is 16.3. The molecule has 3 heteroatoms. The number of pyridine rings is 1. The van der Waals surface area contributed by atoms with Crippen LogP contribution in [0.4, 0.5) is 0 Å². The summed E-state index contributed by atoms with van der Waals surface area (Å²) in [5.41, 5.74) is 1.18. The topological polar surface area (TPSA) is 45.1 Å². The molecule has 1 unspecified atom stereocenters. The lowest BCUT2D eigenvalue weighted by Crippen LogP contribution is -2.36. The molecule has 1 saturated carbocycles. The van der Waals surface area contributed by atoms with Crippen LogP contribution >= 0.6 is 0 Å². The van der Waals surface area contributed by atoms with Gasteiger partial charge in [-0.1, -0.05) is 18.9 Å². The van der Waals surface area contributed by atoms with Crippen molar-refractivity contribution in [3.05, 3.63) is 30.1 Å². The zero-order chi connectivity index (χ0) is 12.1. The summed E-state index contributed by atoms with van der Waals surface area (Å²) in [6.07, 6.45) is 6.61. The molecule has 2 N–H and O–H groups in total. The van der Waals surface area contributed by atoms with Crippen molar-refractivity contribution in [2.24, 2.45) is 5.41 Å². The number of aliphatic hydroxyl groups is 1. The Balaban J connectivity index is 1.89. The molecular weight excluding hydrogens is 212 g/mol. The molecule has 1 aliphatic rings. The molecule has 0 amide bonds. The molecule has 1 aromatic rings. The number of aromatic nitrogens is 1. The highest BCUT2D eigenvalue weighted by Gasteiger charge is 2.33. The molecule has 1 fully saturated rings. The first kappa shape index (κ1) is 12.5. The zero-order valence-electron chi connectivity index (χ0n) is 10.5. The van der Waals surface area contributed by atoms with E-state index in [0.717, 1.165) is 25.1 Å². The van der Waals surface area contributed by atoms with E-state index in [-0.39, 0.29) is 11.5 Å². The highest BCUT2D eigenvalue weighted by Crippen LogP contribution is 2.37. The fourth-order valence-corrected chi connectivity index (χ4v) is 2.62. The van der Waals surface area contributed by atoms with E-state index < -0.39 is 0 Å². The van der Waals surface area contributed by atoms with Crippen molar-refractivity contribution in [2.45, 2.75) is 38.6 Å². The normalized spacial score (nSPS) is 20.4. The minimum atomic E-state index is 0.114. The van der Waals surface area contributed by atoms with Gasteiger partial charge in [-0.3, -0.25) is 4.98 Å². The highest BCUT2D eigenvalue weighted by molar-refractivity contribution is 5.07. The Morgan fingerprint density at radius 2 is 2.18 bits per heavy atom. The second-order valence-corrected chi connectivity index (χ2v) is 5.22. The summed E-state index contributed by atoms with van der Waals surface area (Å²) < 4.78 is 0. The molecule has 1 heterocycles. The predicted molar refractivity (Wildman–Crippen MR) is 68.6 cm³/mol. The van der Waals surface area contributed by atoms with Crippen LogP contribution in [0.3, 0.4) is 0 Å². The minimum absolute atomic E-state index is 0.114. The summed E-state index contributed by atoms with van der Waals surface area (Å²) >= 11 is 0. The Labute approximate surface area is 103 Å². The predicted octanol–water partition coefficient (Wildman–Crippen LogP) is 2.28. The van der Waals surface area contributed by atoms with E-state index in [1.807, 2.05) is 24.4 Å². The fourth-order valence-electron chi connectivity index (χ4n) is 2.62. The SMILES string of the molecule is CC(NCC1(CO)CCCC1)c1ccccn1. The molecule has 1 aliphatic carbocycles. The molecule has 0 aliphatic heterocycles. The van der Waals surface area contributed by atoms with Gasteiger partial charge in [0.2, 0.25) is 0 Å². The van der Waals surface area contributed by atoms with Crippen LogP contribution in [-0.4, -0.2) is 23.2 Å². The molecular formula is C14H22N2O. The number of aliphatic hydroxyl groups excluding tert-OH is 1. The van der Waals surface area contributed by atoms with Crippen molar-refractivity contribution in [3.8, 4) is 0 Å². The molecule has 0 spiro atoms. The fraction of sp³-hybridized carbons (Fsp3) is 0.643. The Bertz CT molecular complexity index is 333. The monoisotopic (exact) mass is 234 g/mol. The maximum Gasteiger partial charge on any atom is 0.0570 e. The molecule has 0 bridgehead atoms. The van der Waals surface area contributed by atoms with Crippen LogP contribution in [0, 0.1) is 5.41 Å². The number of hydrogen-bond acceptors (Lipinski definition) is 3. The van der Waals surface area contributed by atoms with Crippen LogP contribution in [0.2, 0.25) is 0 Å². The average molecular weight is 234 g/mol. The van der Waals surface area contributed by atoms with Gasteiger partial charge in [-0.05, 0) is 31.9 Å². The lowest BCUT2D eigenvalue weighted by atomic mass is 9.87. The molecule has 94 valence electrons. The molecule has 1 atom stereocenters. The summed E-state index contributed by atoms with van der Waals surface area (Å²) in [5, 5.41) is 13.1. The molecule has 0 saturated heterocycles. The van der Waals surface area contributed by atoms with Crippen LogP contribution in [0.5, 0.6) is 0 Å². The van der Waals surface area contributed by atoms with Crippen molar-refractivity contribution in [3.63, 3.8) is 0 Å². The largest absolute Gasteiger partial charge is 0.396 e. The molecule has 0 aromatic carbocycles. The van der Waals surface area contributed by atoms with Gasteiger partial charge < -0.3 is 10.4 Å². The van der Waals surface area contributed by atoms with Gasteiger partial charge in [0, 0.05) is 30.8 Å². The maximum absolute atomic E-state index is 9.54. The smallest absolute Gasteiger partial charge is 0.0570 e. The summed E-state index contributed by atoms with van der Waals surface area (Å²) in [6.45, 7) is 3.32. The number of rotatable bonds is 5.